The molecule has 0 amide bonds. The van der Waals surface area contributed by atoms with Crippen LogP contribution in [-0.4, -0.2) is 334 Å². The third-order valence-corrected chi connectivity index (χ3v) is 31.5. The van der Waals surface area contributed by atoms with Crippen LogP contribution in [0.4, 0.5) is 0 Å². The van der Waals surface area contributed by atoms with Gasteiger partial charge in [0.05, 0.1) is 157 Å². The van der Waals surface area contributed by atoms with Crippen LogP contribution in [-0.2, 0) is 52.4 Å². The smallest absolute Gasteiger partial charge is 0.214 e. The van der Waals surface area contributed by atoms with Gasteiger partial charge in [-0.3, -0.25) is 35.9 Å². The van der Waals surface area contributed by atoms with E-state index in [1.165, 1.54) is 349 Å². The number of fused-ring (bicyclic) bond motifs is 8. The zero-order valence-electron chi connectivity index (χ0n) is 62.0. The molecule has 16 fully saturated rings. The Bertz CT molecular complexity index is 2990. The van der Waals surface area contributed by atoms with Gasteiger partial charge >= 0.3 is 0 Å². The Morgan fingerprint density at radius 3 is 0.423 bits per heavy atom. The first-order valence-corrected chi connectivity index (χ1v) is 40.2. The average molecular weight is 1950 g/mol. The minimum Gasteiger partial charge on any atom is -1.00 e. The van der Waals surface area contributed by atoms with Gasteiger partial charge in [-0.2, -0.15) is 0 Å². The summed E-state index contributed by atoms with van der Waals surface area (Å²) < 4.78 is 10.2. The minimum atomic E-state index is 0. The summed E-state index contributed by atoms with van der Waals surface area (Å²) in [6, 6.07) is 41.9. The average Bonchev–Trinajstić information content (AvgIpc) is 0.723. The van der Waals surface area contributed by atoms with E-state index < -0.39 is 0 Å². The van der Waals surface area contributed by atoms with E-state index in [1.54, 1.807) is 44.5 Å². The molecule has 21 rings (SSSR count). The highest BCUT2D eigenvalue weighted by atomic mass is 79.9. The maximum Gasteiger partial charge on any atom is 0.214 e. The molecule has 4 aromatic carbocycles. The van der Waals surface area contributed by atoms with Crippen molar-refractivity contribution in [1.29, 1.82) is 0 Å². The Morgan fingerprint density at radius 1 is 0.173 bits per heavy atom. The van der Waals surface area contributed by atoms with Crippen molar-refractivity contribution in [3.05, 3.63) is 142 Å². The van der Waals surface area contributed by atoms with Crippen molar-refractivity contribution < 1.29 is 172 Å². The molecule has 0 radical (unpaired) electrons. The number of quaternary nitrogens is 8. The molecule has 0 aliphatic carbocycles. The largest absolute Gasteiger partial charge is 1.00 e. The summed E-state index contributed by atoms with van der Waals surface area (Å²) in [5.74, 6) is 0. The van der Waals surface area contributed by atoms with E-state index in [2.05, 4.69) is 136 Å². The zero-order chi connectivity index (χ0) is 63.1. The molecule has 24 heteroatoms. The van der Waals surface area contributed by atoms with Crippen LogP contribution in [0.3, 0.4) is 0 Å². The number of halogens is 8. The molecule has 17 aliphatic heterocycles. The number of nitrogens with zero attached hydrogens (tertiary/aromatic N) is 16. The molecule has 0 spiro atoms. The fraction of sp³-hybridized carbons (Fsp3) is 0.700. The van der Waals surface area contributed by atoms with Crippen LogP contribution in [0.25, 0.3) is 0 Å². The van der Waals surface area contributed by atoms with E-state index >= 15 is 0 Å². The molecule has 0 N–H and O–H groups in total. The second-order valence-corrected chi connectivity index (χ2v) is 36.3. The summed E-state index contributed by atoms with van der Waals surface area (Å²) in [4.78, 5) is 24.5. The Labute approximate surface area is 708 Å². The van der Waals surface area contributed by atoms with Gasteiger partial charge in [-0.1, -0.05) is 72.8 Å². The second kappa shape index (κ2) is 31.7. The molecule has 16 nitrogen and oxygen atoms in total. The Balaban J connectivity index is 0.00000120. The van der Waals surface area contributed by atoms with E-state index in [9.17, 15) is 0 Å². The molecule has 16 saturated heterocycles. The Hall–Kier alpha value is 0.0800. The molecule has 24 bridgehead atoms. The van der Waals surface area contributed by atoms with Gasteiger partial charge in [0.15, 0.2) is 0 Å². The Morgan fingerprint density at radius 2 is 0.298 bits per heavy atom. The van der Waals surface area contributed by atoms with E-state index in [0.717, 1.165) is 0 Å². The highest BCUT2D eigenvalue weighted by Gasteiger charge is 2.69. The highest BCUT2D eigenvalue weighted by Crippen LogP contribution is 2.50. The molecule has 4 aromatic rings. The predicted octanol–water partition coefficient (Wildman–Crippen LogP) is -18.3. The van der Waals surface area contributed by atoms with Crippen molar-refractivity contribution in [3.8, 4) is 0 Å². The zero-order valence-corrected chi connectivity index (χ0v) is 74.7. The first kappa shape index (κ1) is 82.1. The van der Waals surface area contributed by atoms with Gasteiger partial charge in [-0.15, -0.1) is 0 Å². The van der Waals surface area contributed by atoms with Crippen molar-refractivity contribution in [3.63, 3.8) is 0 Å². The highest BCUT2D eigenvalue weighted by molar-refractivity contribution is 5.27. The second-order valence-electron chi connectivity index (χ2n) is 36.3. The van der Waals surface area contributed by atoms with Crippen molar-refractivity contribution in [1.82, 2.24) is 39.2 Å². The molecule has 17 heterocycles. The van der Waals surface area contributed by atoms with Gasteiger partial charge in [0, 0.05) is 148 Å². The van der Waals surface area contributed by atoms with Crippen LogP contribution >= 0.6 is 0 Å². The third kappa shape index (κ3) is 13.3. The molecule has 104 heavy (non-hydrogen) atoms. The van der Waals surface area contributed by atoms with Gasteiger partial charge in [-0.25, -0.2) is 39.2 Å². The number of rotatable bonds is 0. The summed E-state index contributed by atoms with van der Waals surface area (Å²) in [7, 11) is 0. The molecule has 17 aliphatic rings. The summed E-state index contributed by atoms with van der Waals surface area (Å²) in [6.45, 7) is 51.0. The van der Waals surface area contributed by atoms with Crippen molar-refractivity contribution in [2.24, 2.45) is 0 Å². The lowest BCUT2D eigenvalue weighted by Gasteiger charge is -2.67. The maximum atomic E-state index is 3.07. The normalized spacial score (nSPS) is 40.9. The molecule has 16 atom stereocenters. The fourth-order valence-electron chi connectivity index (χ4n) is 28.1. The van der Waals surface area contributed by atoms with Gasteiger partial charge in [0.2, 0.25) is 49.3 Å². The van der Waals surface area contributed by atoms with Crippen molar-refractivity contribution in [2.45, 2.75) is 153 Å². The lowest BCUT2D eigenvalue weighted by molar-refractivity contribution is -1.07. The van der Waals surface area contributed by atoms with E-state index in [-0.39, 0.29) is 136 Å². The number of piperazine rings is 8. The standard InChI is InChI=1S/C80H120N16.8BrH/c1-13-65-53-66(14-1)58-90-38-6-22-82-32-48-92(40-8-24-84(30-46-90)76(92)74(82)90)60-68-16-3-18-70(55-68)62-94-42-10-26-86-36-52-96(44-12-28-88(34-50-94)80(96)78(86)94)64-72-20-4-19-71(56-72)63-95-43-11-27-87-33-49-93(41-9-25-85(35-51-95)77(93)79(87)95)61-69-17-2-15-67(54-69)59-91-39-7-23-83-29-45-89(57-65)37-5-21-81(31-47-91)73(89)75(83)91;;;;;;;;/h1-4,13-20,53-56,73-80H,5-12,21-52,57-64H2;8*1H/q+8;;;;;;;;/p-8. The van der Waals surface area contributed by atoms with E-state index in [0.29, 0.717) is 49.3 Å². The van der Waals surface area contributed by atoms with E-state index in [1.807, 2.05) is 0 Å². The monoisotopic (exact) mass is 1940 g/mol. The van der Waals surface area contributed by atoms with Gasteiger partial charge in [-0.05, 0) is 24.3 Å². The van der Waals surface area contributed by atoms with Crippen LogP contribution in [0.15, 0.2) is 97.1 Å². The number of hydrogen-bond donors (Lipinski definition) is 0. The molecule has 576 valence electrons. The summed E-state index contributed by atoms with van der Waals surface area (Å²) in [5, 5.41) is 0. The third-order valence-electron chi connectivity index (χ3n) is 31.5. The van der Waals surface area contributed by atoms with Crippen LogP contribution < -0.4 is 136 Å². The minimum absolute atomic E-state index is 0. The SMILES string of the molecule is [Br-].[Br-].[Br-].[Br-].[Br-].[Br-].[Br-].[Br-].c1cc2cc(c1)C[N+]13CCCN4CC[N+]5(CCCN(CC1)C5C43)Cc1cccc(c1)C[N+]13CCCN4CC[N+]5(CCCN(CC1)C5C43)Cc1cccc(c1)C[N+]13CCCN4CC[N+]5(CCCN(CC1)C5C43)Cc1cccc(c1)C[N+]13CCCN4CC[N+]5(CCCN(CC1)C5C43)C2. The summed E-state index contributed by atoms with van der Waals surface area (Å²) in [6.07, 6.45) is 15.3. The van der Waals surface area contributed by atoms with E-state index in [4.69, 9.17) is 0 Å². The van der Waals surface area contributed by atoms with Crippen LogP contribution in [0.2, 0.25) is 0 Å². The fourth-order valence-corrected chi connectivity index (χ4v) is 28.1. The first-order chi connectivity index (χ1) is 47.1. The maximum absolute atomic E-state index is 3.07. The molecule has 16 unspecified atom stereocenters. The first-order valence-electron chi connectivity index (χ1n) is 40.2. The predicted molar refractivity (Wildman–Crippen MR) is 375 cm³/mol. The molecule has 0 saturated carbocycles. The van der Waals surface area contributed by atoms with Crippen LogP contribution in [0.5, 0.6) is 0 Å². The van der Waals surface area contributed by atoms with Crippen LogP contribution in [0, 0.1) is 0 Å². The lowest BCUT2D eigenvalue weighted by Crippen LogP contribution is -3.00. The van der Waals surface area contributed by atoms with Gasteiger partial charge < -0.3 is 136 Å². The van der Waals surface area contributed by atoms with Crippen molar-refractivity contribution in [2.75, 3.05) is 209 Å². The van der Waals surface area contributed by atoms with Crippen molar-refractivity contribution >= 4 is 0 Å². The molecule has 0 aromatic heterocycles. The van der Waals surface area contributed by atoms with Gasteiger partial charge in [0.1, 0.15) is 52.4 Å². The number of benzene rings is 4. The molecular weight excluding hydrogens is 1820 g/mol. The summed E-state index contributed by atoms with van der Waals surface area (Å²) >= 11 is 0. The van der Waals surface area contributed by atoms with Crippen LogP contribution in [0.1, 0.15) is 95.9 Å². The lowest BCUT2D eigenvalue weighted by atomic mass is 9.91. The van der Waals surface area contributed by atoms with Gasteiger partial charge in [0.25, 0.3) is 0 Å². The Kier molecular flexibility index (Phi) is 25.0. The molecular formula is C80H120Br8N16. The quantitative estimate of drug-likeness (QED) is 0.161. The topological polar surface area (TPSA) is 25.9 Å². The number of hydrogen-bond acceptors (Lipinski definition) is 8. The summed E-state index contributed by atoms with van der Waals surface area (Å²) in [5.41, 5.74) is 13.0.